The Hall–Kier alpha value is -1.60. The first-order valence-electron chi connectivity index (χ1n) is 6.85. The molecule has 2 aromatic rings. The highest BCUT2D eigenvalue weighted by Gasteiger charge is 2.21. The average Bonchev–Trinajstić information content (AvgIpc) is 2.55. The minimum Gasteiger partial charge on any atom is -0.481 e. The number of pyridine rings is 1. The third-order valence-electron chi connectivity index (χ3n) is 3.48. The van der Waals surface area contributed by atoms with Gasteiger partial charge in [-0.25, -0.2) is 9.97 Å². The lowest BCUT2D eigenvalue weighted by Gasteiger charge is -2.35. The normalized spacial score (nSPS) is 15.0. The van der Waals surface area contributed by atoms with E-state index in [4.69, 9.17) is 16.3 Å². The van der Waals surface area contributed by atoms with E-state index in [0.717, 1.165) is 36.5 Å². The third kappa shape index (κ3) is 3.25. The number of halogens is 2. The molecule has 2 aromatic heterocycles. The monoisotopic (exact) mass is 383 g/mol. The van der Waals surface area contributed by atoms with Crippen molar-refractivity contribution in [3.63, 3.8) is 0 Å². The summed E-state index contributed by atoms with van der Waals surface area (Å²) in [5, 5.41) is 0.624. The Morgan fingerprint density at radius 1 is 1.18 bits per heavy atom. The smallest absolute Gasteiger partial charge is 0.228 e. The summed E-state index contributed by atoms with van der Waals surface area (Å²) in [6.07, 6.45) is 3.38. The van der Waals surface area contributed by atoms with Gasteiger partial charge in [0, 0.05) is 44.6 Å². The van der Waals surface area contributed by atoms with Gasteiger partial charge in [-0.2, -0.15) is 4.98 Å². The summed E-state index contributed by atoms with van der Waals surface area (Å²) in [5.74, 6) is 2.19. The standard InChI is InChI=1S/C14H15BrClN5O/c1-22-12-2-3-17-14(19-12)21-6-4-20(5-7-21)13-11(15)8-10(16)9-18-13/h2-3,8-9H,4-7H2,1H3. The van der Waals surface area contributed by atoms with Gasteiger partial charge in [-0.1, -0.05) is 11.6 Å². The van der Waals surface area contributed by atoms with Crippen LogP contribution >= 0.6 is 27.5 Å². The van der Waals surface area contributed by atoms with Crippen molar-refractivity contribution in [2.75, 3.05) is 43.1 Å². The predicted octanol–water partition coefficient (Wildman–Crippen LogP) is 2.62. The van der Waals surface area contributed by atoms with Gasteiger partial charge < -0.3 is 14.5 Å². The van der Waals surface area contributed by atoms with Gasteiger partial charge >= 0.3 is 0 Å². The van der Waals surface area contributed by atoms with Crippen molar-refractivity contribution in [1.29, 1.82) is 0 Å². The Balaban J connectivity index is 1.69. The molecule has 3 heterocycles. The fraction of sp³-hybridized carbons (Fsp3) is 0.357. The van der Waals surface area contributed by atoms with Gasteiger partial charge in [0.2, 0.25) is 11.8 Å². The largest absolute Gasteiger partial charge is 0.481 e. The maximum Gasteiger partial charge on any atom is 0.228 e. The van der Waals surface area contributed by atoms with Crippen LogP contribution in [-0.4, -0.2) is 48.2 Å². The van der Waals surface area contributed by atoms with Crippen LogP contribution in [0.15, 0.2) is 29.0 Å². The van der Waals surface area contributed by atoms with E-state index in [-0.39, 0.29) is 0 Å². The van der Waals surface area contributed by atoms with Crippen LogP contribution in [0.3, 0.4) is 0 Å². The quantitative estimate of drug-likeness (QED) is 0.811. The summed E-state index contributed by atoms with van der Waals surface area (Å²) >= 11 is 9.46. The van der Waals surface area contributed by atoms with E-state index in [0.29, 0.717) is 16.9 Å². The van der Waals surface area contributed by atoms with Crippen LogP contribution in [0.1, 0.15) is 0 Å². The molecule has 0 N–H and O–H groups in total. The Kier molecular flexibility index (Phi) is 4.63. The van der Waals surface area contributed by atoms with Crippen molar-refractivity contribution >= 4 is 39.3 Å². The van der Waals surface area contributed by atoms with E-state index < -0.39 is 0 Å². The van der Waals surface area contributed by atoms with Crippen molar-refractivity contribution in [3.05, 3.63) is 34.0 Å². The lowest BCUT2D eigenvalue weighted by atomic mass is 10.3. The first-order chi connectivity index (χ1) is 10.7. The summed E-state index contributed by atoms with van der Waals surface area (Å²) in [7, 11) is 1.60. The second-order valence-corrected chi connectivity index (χ2v) is 6.12. The topological polar surface area (TPSA) is 54.4 Å². The zero-order valence-corrected chi connectivity index (χ0v) is 14.4. The van der Waals surface area contributed by atoms with E-state index in [1.54, 1.807) is 25.6 Å². The van der Waals surface area contributed by atoms with Gasteiger partial charge in [-0.15, -0.1) is 0 Å². The highest BCUT2D eigenvalue weighted by atomic mass is 79.9. The van der Waals surface area contributed by atoms with E-state index in [1.807, 2.05) is 6.07 Å². The van der Waals surface area contributed by atoms with Crippen molar-refractivity contribution < 1.29 is 4.74 Å². The Bertz CT molecular complexity index is 663. The Labute approximate surface area is 142 Å². The van der Waals surface area contributed by atoms with Crippen LogP contribution in [0.25, 0.3) is 0 Å². The first-order valence-corrected chi connectivity index (χ1v) is 8.02. The molecule has 0 bridgehead atoms. The molecule has 1 aliphatic heterocycles. The summed E-state index contributed by atoms with van der Waals surface area (Å²) in [6.45, 7) is 3.33. The van der Waals surface area contributed by atoms with Crippen molar-refractivity contribution in [2.45, 2.75) is 0 Å². The second kappa shape index (κ2) is 6.66. The number of piperazine rings is 1. The van der Waals surface area contributed by atoms with Gasteiger partial charge in [-0.05, 0) is 22.0 Å². The summed E-state index contributed by atoms with van der Waals surface area (Å²) < 4.78 is 6.05. The van der Waals surface area contributed by atoms with Crippen LogP contribution in [-0.2, 0) is 0 Å². The molecular formula is C14H15BrClN5O. The fourth-order valence-electron chi connectivity index (χ4n) is 2.36. The van der Waals surface area contributed by atoms with Crippen LogP contribution in [0.2, 0.25) is 5.02 Å². The summed E-state index contributed by atoms with van der Waals surface area (Å²) in [5.41, 5.74) is 0. The SMILES string of the molecule is COc1ccnc(N2CCN(c3ncc(Cl)cc3Br)CC2)n1. The number of anilines is 2. The van der Waals surface area contributed by atoms with E-state index in [1.165, 1.54) is 0 Å². The molecule has 0 aliphatic carbocycles. The molecule has 3 rings (SSSR count). The number of nitrogens with zero attached hydrogens (tertiary/aromatic N) is 5. The van der Waals surface area contributed by atoms with Gasteiger partial charge in [0.1, 0.15) is 5.82 Å². The van der Waals surface area contributed by atoms with Gasteiger partial charge in [0.25, 0.3) is 0 Å². The molecule has 1 saturated heterocycles. The number of hydrogen-bond donors (Lipinski definition) is 0. The Morgan fingerprint density at radius 3 is 2.59 bits per heavy atom. The molecule has 0 radical (unpaired) electrons. The van der Waals surface area contributed by atoms with Crippen molar-refractivity contribution in [2.24, 2.45) is 0 Å². The minimum atomic E-state index is 0.578. The Morgan fingerprint density at radius 2 is 1.91 bits per heavy atom. The highest BCUT2D eigenvalue weighted by molar-refractivity contribution is 9.10. The van der Waals surface area contributed by atoms with Crippen molar-refractivity contribution in [3.8, 4) is 5.88 Å². The molecule has 0 unspecified atom stereocenters. The number of hydrogen-bond acceptors (Lipinski definition) is 6. The maximum absolute atomic E-state index is 5.94. The number of methoxy groups -OCH3 is 1. The minimum absolute atomic E-state index is 0.578. The second-order valence-electron chi connectivity index (χ2n) is 4.83. The molecule has 0 spiro atoms. The molecule has 6 nitrogen and oxygen atoms in total. The van der Waals surface area contributed by atoms with E-state index >= 15 is 0 Å². The maximum atomic E-state index is 5.94. The molecule has 0 aromatic carbocycles. The lowest BCUT2D eigenvalue weighted by Crippen LogP contribution is -2.47. The van der Waals surface area contributed by atoms with Gasteiger partial charge in [-0.3, -0.25) is 0 Å². The number of ether oxygens (including phenoxy) is 1. The first kappa shape index (κ1) is 15.3. The molecule has 0 saturated carbocycles. The zero-order valence-electron chi connectivity index (χ0n) is 12.0. The highest BCUT2D eigenvalue weighted by Crippen LogP contribution is 2.27. The molecule has 8 heteroatoms. The van der Waals surface area contributed by atoms with Gasteiger partial charge in [0.15, 0.2) is 0 Å². The zero-order chi connectivity index (χ0) is 15.5. The van der Waals surface area contributed by atoms with E-state index in [2.05, 4.69) is 40.7 Å². The molecular weight excluding hydrogens is 370 g/mol. The van der Waals surface area contributed by atoms with Crippen LogP contribution < -0.4 is 14.5 Å². The fourth-order valence-corrected chi connectivity index (χ4v) is 3.25. The average molecular weight is 385 g/mol. The summed E-state index contributed by atoms with van der Waals surface area (Å²) in [6, 6.07) is 3.61. The molecule has 1 fully saturated rings. The molecule has 1 aliphatic rings. The van der Waals surface area contributed by atoms with E-state index in [9.17, 15) is 0 Å². The van der Waals surface area contributed by atoms with Crippen LogP contribution in [0, 0.1) is 0 Å². The number of aromatic nitrogens is 3. The van der Waals surface area contributed by atoms with Gasteiger partial charge in [0.05, 0.1) is 16.6 Å². The van der Waals surface area contributed by atoms with Crippen LogP contribution in [0.5, 0.6) is 5.88 Å². The molecule has 22 heavy (non-hydrogen) atoms. The predicted molar refractivity (Wildman–Crippen MR) is 90.0 cm³/mol. The molecule has 0 amide bonds. The van der Waals surface area contributed by atoms with Crippen LogP contribution in [0.4, 0.5) is 11.8 Å². The molecule has 0 atom stereocenters. The van der Waals surface area contributed by atoms with Crippen molar-refractivity contribution in [1.82, 2.24) is 15.0 Å². The number of rotatable bonds is 3. The third-order valence-corrected chi connectivity index (χ3v) is 4.27. The summed E-state index contributed by atoms with van der Waals surface area (Å²) in [4.78, 5) is 17.5. The molecule has 116 valence electrons. The lowest BCUT2D eigenvalue weighted by molar-refractivity contribution is 0.396.